The largest absolute Gasteiger partial charge is 0.492 e. The molecule has 0 spiro atoms. The molecule has 0 bridgehead atoms. The molecule has 0 aliphatic carbocycles. The summed E-state index contributed by atoms with van der Waals surface area (Å²) in [6.07, 6.45) is 0. The zero-order chi connectivity index (χ0) is 21.6. The fraction of sp³-hybridized carbons (Fsp3) is 0.292. The average Bonchev–Trinajstić information content (AvgIpc) is 2.81. The van der Waals surface area contributed by atoms with E-state index in [4.69, 9.17) is 4.74 Å². The maximum atomic E-state index is 13.0. The number of ether oxygens (including phenoxy) is 1. The zero-order valence-corrected chi connectivity index (χ0v) is 17.6. The van der Waals surface area contributed by atoms with E-state index in [2.05, 4.69) is 41.2 Å². The molecular weight excluding hydrogens is 392 g/mol. The predicted octanol–water partition coefficient (Wildman–Crippen LogP) is 2.59. The number of carbonyl (C=O) groups excluding carboxylic acids is 1. The van der Waals surface area contributed by atoms with Gasteiger partial charge in [-0.05, 0) is 42.8 Å². The van der Waals surface area contributed by atoms with Gasteiger partial charge in [0, 0.05) is 37.9 Å². The summed E-state index contributed by atoms with van der Waals surface area (Å²) >= 11 is 0. The third kappa shape index (κ3) is 5.12. The summed E-state index contributed by atoms with van der Waals surface area (Å²) in [5.74, 6) is 0.580. The quantitative estimate of drug-likeness (QED) is 0.616. The van der Waals surface area contributed by atoms with Gasteiger partial charge in [0.15, 0.2) is 0 Å². The first kappa shape index (κ1) is 20.7. The molecule has 4 rings (SSSR count). The number of hydrogen-bond donors (Lipinski definition) is 0. The number of aryl methyl sites for hydroxylation is 1. The second-order valence-electron chi connectivity index (χ2n) is 7.56. The summed E-state index contributed by atoms with van der Waals surface area (Å²) in [5.41, 5.74) is 2.43. The second-order valence-corrected chi connectivity index (χ2v) is 7.56. The number of aromatic nitrogens is 2. The Bertz CT molecular complexity index is 1090. The maximum absolute atomic E-state index is 13.0. The Morgan fingerprint density at radius 1 is 0.968 bits per heavy atom. The van der Waals surface area contributed by atoms with E-state index in [1.54, 1.807) is 4.90 Å². The van der Waals surface area contributed by atoms with Crippen LogP contribution in [0.5, 0.6) is 5.75 Å². The van der Waals surface area contributed by atoms with Crippen LogP contribution in [-0.2, 0) is 6.54 Å². The Balaban J connectivity index is 1.36. The van der Waals surface area contributed by atoms with Crippen molar-refractivity contribution in [3.05, 3.63) is 88.3 Å². The highest BCUT2D eigenvalue weighted by atomic mass is 16.5. The Kier molecular flexibility index (Phi) is 6.31. The Labute approximate surface area is 181 Å². The van der Waals surface area contributed by atoms with Crippen LogP contribution in [0, 0.1) is 6.92 Å². The first-order valence-corrected chi connectivity index (χ1v) is 10.5. The van der Waals surface area contributed by atoms with Crippen molar-refractivity contribution in [1.82, 2.24) is 14.7 Å². The van der Waals surface area contributed by atoms with E-state index in [0.29, 0.717) is 19.7 Å². The van der Waals surface area contributed by atoms with Crippen molar-refractivity contribution in [2.75, 3.05) is 37.7 Å². The summed E-state index contributed by atoms with van der Waals surface area (Å²) in [4.78, 5) is 29.2. The van der Waals surface area contributed by atoms with Gasteiger partial charge in [-0.3, -0.25) is 9.59 Å². The van der Waals surface area contributed by atoms with Gasteiger partial charge in [-0.25, -0.2) is 4.68 Å². The minimum Gasteiger partial charge on any atom is -0.492 e. The van der Waals surface area contributed by atoms with Gasteiger partial charge in [0.05, 0.1) is 6.54 Å². The number of hydrogen-bond acceptors (Lipinski definition) is 5. The lowest BCUT2D eigenvalue weighted by Gasteiger charge is -2.36. The molecule has 0 saturated carbocycles. The van der Waals surface area contributed by atoms with Crippen LogP contribution in [0.15, 0.2) is 71.5 Å². The molecule has 0 atom stereocenters. The number of rotatable bonds is 6. The van der Waals surface area contributed by atoms with Crippen LogP contribution in [0.4, 0.5) is 5.69 Å². The monoisotopic (exact) mass is 418 g/mol. The molecule has 1 fully saturated rings. The summed E-state index contributed by atoms with van der Waals surface area (Å²) in [6.45, 7) is 5.41. The van der Waals surface area contributed by atoms with Gasteiger partial charge in [0.25, 0.3) is 11.5 Å². The lowest BCUT2D eigenvalue weighted by Crippen LogP contribution is -2.49. The smallest absolute Gasteiger partial charge is 0.274 e. The molecule has 7 heteroatoms. The standard InChI is InChI=1S/C24H26N4O3/c1-19-6-5-7-20(18-19)26-12-14-27(15-13-26)24(30)22-10-11-23(29)28(25-22)16-17-31-21-8-3-2-4-9-21/h2-11,18H,12-17H2,1H3. The molecule has 2 aromatic carbocycles. The van der Waals surface area contributed by atoms with Crippen LogP contribution in [0.3, 0.4) is 0 Å². The minimum absolute atomic E-state index is 0.151. The topological polar surface area (TPSA) is 67.7 Å². The Hall–Kier alpha value is -3.61. The number of para-hydroxylation sites is 1. The Morgan fingerprint density at radius 3 is 2.48 bits per heavy atom. The van der Waals surface area contributed by atoms with E-state index in [0.717, 1.165) is 18.8 Å². The van der Waals surface area contributed by atoms with Gasteiger partial charge < -0.3 is 14.5 Å². The maximum Gasteiger partial charge on any atom is 0.274 e. The van der Waals surface area contributed by atoms with Crippen LogP contribution in [0.1, 0.15) is 16.1 Å². The van der Waals surface area contributed by atoms with E-state index >= 15 is 0 Å². The third-order valence-corrected chi connectivity index (χ3v) is 5.33. The van der Waals surface area contributed by atoms with E-state index in [1.165, 1.54) is 28.1 Å². The van der Waals surface area contributed by atoms with E-state index in [1.807, 2.05) is 30.3 Å². The number of amides is 1. The molecule has 1 amide bonds. The molecule has 1 aliphatic rings. The van der Waals surface area contributed by atoms with Gasteiger partial charge in [0.1, 0.15) is 18.1 Å². The van der Waals surface area contributed by atoms with Crippen molar-refractivity contribution in [2.45, 2.75) is 13.5 Å². The molecule has 3 aromatic rings. The van der Waals surface area contributed by atoms with Crippen LogP contribution in [0.25, 0.3) is 0 Å². The second kappa shape index (κ2) is 9.47. The highest BCUT2D eigenvalue weighted by Crippen LogP contribution is 2.18. The minimum atomic E-state index is -0.252. The average molecular weight is 418 g/mol. The van der Waals surface area contributed by atoms with Crippen molar-refractivity contribution < 1.29 is 9.53 Å². The molecule has 0 N–H and O–H groups in total. The normalized spacial score (nSPS) is 13.8. The number of anilines is 1. The molecule has 2 heterocycles. The highest BCUT2D eigenvalue weighted by molar-refractivity contribution is 5.92. The molecule has 1 saturated heterocycles. The van der Waals surface area contributed by atoms with E-state index in [9.17, 15) is 9.59 Å². The van der Waals surface area contributed by atoms with Crippen molar-refractivity contribution >= 4 is 11.6 Å². The lowest BCUT2D eigenvalue weighted by molar-refractivity contribution is 0.0737. The molecule has 0 unspecified atom stereocenters. The Morgan fingerprint density at radius 2 is 1.74 bits per heavy atom. The molecule has 0 radical (unpaired) electrons. The SMILES string of the molecule is Cc1cccc(N2CCN(C(=O)c3ccc(=O)n(CCOc4ccccc4)n3)CC2)c1. The first-order valence-electron chi connectivity index (χ1n) is 10.5. The molecule has 31 heavy (non-hydrogen) atoms. The van der Waals surface area contributed by atoms with Crippen LogP contribution >= 0.6 is 0 Å². The summed E-state index contributed by atoms with van der Waals surface area (Å²) in [5, 5.41) is 4.29. The van der Waals surface area contributed by atoms with Crippen molar-refractivity contribution in [2.24, 2.45) is 0 Å². The number of nitrogens with zero attached hydrogens (tertiary/aromatic N) is 4. The summed E-state index contributed by atoms with van der Waals surface area (Å²) in [7, 11) is 0. The van der Waals surface area contributed by atoms with Gasteiger partial charge in [-0.1, -0.05) is 30.3 Å². The number of piperazine rings is 1. The van der Waals surface area contributed by atoms with Gasteiger partial charge in [-0.2, -0.15) is 5.10 Å². The van der Waals surface area contributed by atoms with Gasteiger partial charge in [-0.15, -0.1) is 0 Å². The fourth-order valence-corrected chi connectivity index (χ4v) is 3.64. The van der Waals surface area contributed by atoms with Crippen molar-refractivity contribution in [3.63, 3.8) is 0 Å². The third-order valence-electron chi connectivity index (χ3n) is 5.33. The van der Waals surface area contributed by atoms with Gasteiger partial charge >= 0.3 is 0 Å². The summed E-state index contributed by atoms with van der Waals surface area (Å²) < 4.78 is 6.93. The predicted molar refractivity (Wildman–Crippen MR) is 120 cm³/mol. The molecule has 1 aliphatic heterocycles. The molecule has 160 valence electrons. The van der Waals surface area contributed by atoms with E-state index in [-0.39, 0.29) is 23.7 Å². The van der Waals surface area contributed by atoms with Crippen LogP contribution in [-0.4, -0.2) is 53.4 Å². The zero-order valence-electron chi connectivity index (χ0n) is 17.6. The van der Waals surface area contributed by atoms with Gasteiger partial charge in [0.2, 0.25) is 0 Å². The summed E-state index contributed by atoms with van der Waals surface area (Å²) in [6, 6.07) is 20.7. The highest BCUT2D eigenvalue weighted by Gasteiger charge is 2.23. The molecular formula is C24H26N4O3. The number of carbonyl (C=O) groups is 1. The molecule has 1 aromatic heterocycles. The fourth-order valence-electron chi connectivity index (χ4n) is 3.64. The van der Waals surface area contributed by atoms with E-state index < -0.39 is 0 Å². The molecule has 7 nitrogen and oxygen atoms in total. The van der Waals surface area contributed by atoms with Crippen LogP contribution < -0.4 is 15.2 Å². The first-order chi connectivity index (χ1) is 15.1. The van der Waals surface area contributed by atoms with Crippen LogP contribution in [0.2, 0.25) is 0 Å². The van der Waals surface area contributed by atoms with Crippen molar-refractivity contribution in [3.8, 4) is 5.75 Å². The van der Waals surface area contributed by atoms with Crippen molar-refractivity contribution in [1.29, 1.82) is 0 Å². The number of benzene rings is 2. The lowest BCUT2D eigenvalue weighted by atomic mass is 10.2.